The van der Waals surface area contributed by atoms with E-state index < -0.39 is 0 Å². The summed E-state index contributed by atoms with van der Waals surface area (Å²) in [5.74, 6) is 1.42. The standard InChI is InChI=1S/C22H19ClN2O3/c1-14(26)24-17-6-4-5-15(11-17)21-12-16-13-25(10-9-20(16)28-21)22(27)18-7-2-3-8-19(18)23/h2-8,11-12H,9-10,13H2,1H3,(H,24,26). The first kappa shape index (κ1) is 18.3. The summed E-state index contributed by atoms with van der Waals surface area (Å²) >= 11 is 6.18. The summed E-state index contributed by atoms with van der Waals surface area (Å²) in [5.41, 5.74) is 3.10. The average Bonchev–Trinajstić information content (AvgIpc) is 3.11. The molecule has 1 aromatic heterocycles. The summed E-state index contributed by atoms with van der Waals surface area (Å²) in [6, 6.07) is 16.6. The molecule has 0 saturated carbocycles. The molecule has 1 N–H and O–H groups in total. The van der Waals surface area contributed by atoms with Crippen molar-refractivity contribution in [3.05, 3.63) is 76.5 Å². The van der Waals surface area contributed by atoms with Crippen molar-refractivity contribution in [1.29, 1.82) is 0 Å². The van der Waals surface area contributed by atoms with Gasteiger partial charge in [-0.1, -0.05) is 35.9 Å². The van der Waals surface area contributed by atoms with Crippen LogP contribution in [0, 0.1) is 0 Å². The lowest BCUT2D eigenvalue weighted by Crippen LogP contribution is -2.35. The van der Waals surface area contributed by atoms with E-state index >= 15 is 0 Å². The normalized spacial score (nSPS) is 13.1. The number of amides is 2. The predicted molar refractivity (Wildman–Crippen MR) is 108 cm³/mol. The van der Waals surface area contributed by atoms with Gasteiger partial charge in [0.15, 0.2) is 0 Å². The minimum atomic E-state index is -0.121. The second-order valence-corrected chi connectivity index (χ2v) is 7.18. The molecule has 0 aliphatic carbocycles. The first-order chi connectivity index (χ1) is 13.5. The number of fused-ring (bicyclic) bond motifs is 1. The third kappa shape index (κ3) is 3.66. The Balaban J connectivity index is 1.57. The van der Waals surface area contributed by atoms with Crippen molar-refractivity contribution in [2.45, 2.75) is 19.9 Å². The summed E-state index contributed by atoms with van der Waals surface area (Å²) in [6.45, 7) is 2.53. The van der Waals surface area contributed by atoms with Gasteiger partial charge < -0.3 is 14.6 Å². The largest absolute Gasteiger partial charge is 0.461 e. The Labute approximate surface area is 167 Å². The fourth-order valence-corrected chi connectivity index (χ4v) is 3.62. The van der Waals surface area contributed by atoms with Crippen LogP contribution in [0.1, 0.15) is 28.6 Å². The molecule has 142 valence electrons. The van der Waals surface area contributed by atoms with E-state index in [1.54, 1.807) is 17.0 Å². The maximum atomic E-state index is 12.8. The van der Waals surface area contributed by atoms with Crippen molar-refractivity contribution >= 4 is 29.1 Å². The lowest BCUT2D eigenvalue weighted by atomic mass is 10.1. The predicted octanol–water partition coefficient (Wildman–Crippen LogP) is 4.76. The maximum absolute atomic E-state index is 12.8. The second kappa shape index (κ2) is 7.52. The van der Waals surface area contributed by atoms with Gasteiger partial charge in [0, 0.05) is 43.2 Å². The Morgan fingerprint density at radius 1 is 1.11 bits per heavy atom. The number of hydrogen-bond donors (Lipinski definition) is 1. The highest BCUT2D eigenvalue weighted by Gasteiger charge is 2.26. The third-order valence-corrected chi connectivity index (χ3v) is 5.06. The van der Waals surface area contributed by atoms with Crippen LogP contribution < -0.4 is 5.32 Å². The van der Waals surface area contributed by atoms with Gasteiger partial charge >= 0.3 is 0 Å². The number of halogens is 1. The van der Waals surface area contributed by atoms with E-state index in [2.05, 4.69) is 5.32 Å². The monoisotopic (exact) mass is 394 g/mol. The zero-order valence-electron chi connectivity index (χ0n) is 15.4. The zero-order chi connectivity index (χ0) is 19.7. The summed E-state index contributed by atoms with van der Waals surface area (Å²) < 4.78 is 6.03. The first-order valence-corrected chi connectivity index (χ1v) is 9.42. The summed E-state index contributed by atoms with van der Waals surface area (Å²) in [4.78, 5) is 25.9. The molecular weight excluding hydrogens is 376 g/mol. The molecule has 4 rings (SSSR count). The minimum absolute atomic E-state index is 0.0772. The highest BCUT2D eigenvalue weighted by molar-refractivity contribution is 6.33. The Morgan fingerprint density at radius 3 is 2.71 bits per heavy atom. The molecule has 0 atom stereocenters. The first-order valence-electron chi connectivity index (χ1n) is 9.04. The minimum Gasteiger partial charge on any atom is -0.461 e. The molecule has 0 unspecified atom stereocenters. The van der Waals surface area contributed by atoms with Crippen LogP contribution in [-0.2, 0) is 17.8 Å². The molecular formula is C22H19ClN2O3. The van der Waals surface area contributed by atoms with Crippen molar-refractivity contribution in [2.24, 2.45) is 0 Å². The van der Waals surface area contributed by atoms with Crippen LogP contribution >= 0.6 is 11.6 Å². The van der Waals surface area contributed by atoms with Crippen LogP contribution in [0.2, 0.25) is 5.02 Å². The third-order valence-electron chi connectivity index (χ3n) is 4.73. The van der Waals surface area contributed by atoms with Gasteiger partial charge in [-0.3, -0.25) is 9.59 Å². The van der Waals surface area contributed by atoms with E-state index in [4.69, 9.17) is 16.0 Å². The fraction of sp³-hybridized carbons (Fsp3) is 0.182. The second-order valence-electron chi connectivity index (χ2n) is 6.78. The lowest BCUT2D eigenvalue weighted by Gasteiger charge is -2.26. The number of carbonyl (C=O) groups excluding carboxylic acids is 2. The summed E-state index contributed by atoms with van der Waals surface area (Å²) in [6.07, 6.45) is 0.650. The molecule has 2 aromatic carbocycles. The molecule has 0 bridgehead atoms. The molecule has 0 saturated heterocycles. The number of benzene rings is 2. The number of anilines is 1. The van der Waals surface area contributed by atoms with Crippen molar-refractivity contribution < 1.29 is 14.0 Å². The smallest absolute Gasteiger partial charge is 0.255 e. The maximum Gasteiger partial charge on any atom is 0.255 e. The molecule has 6 heteroatoms. The summed E-state index contributed by atoms with van der Waals surface area (Å²) in [5, 5.41) is 3.24. The number of hydrogen-bond acceptors (Lipinski definition) is 3. The molecule has 1 aliphatic rings. The topological polar surface area (TPSA) is 62.6 Å². The van der Waals surface area contributed by atoms with E-state index in [0.717, 1.165) is 28.3 Å². The van der Waals surface area contributed by atoms with Gasteiger partial charge in [0.25, 0.3) is 5.91 Å². The van der Waals surface area contributed by atoms with Crippen molar-refractivity contribution in [2.75, 3.05) is 11.9 Å². The molecule has 5 nitrogen and oxygen atoms in total. The van der Waals surface area contributed by atoms with Gasteiger partial charge in [-0.05, 0) is 30.3 Å². The van der Waals surface area contributed by atoms with Gasteiger partial charge in [-0.15, -0.1) is 0 Å². The number of nitrogens with one attached hydrogen (secondary N) is 1. The van der Waals surface area contributed by atoms with Crippen molar-refractivity contribution in [3.63, 3.8) is 0 Å². The zero-order valence-corrected chi connectivity index (χ0v) is 16.1. The van der Waals surface area contributed by atoms with Crippen LogP contribution in [0.5, 0.6) is 0 Å². The number of carbonyl (C=O) groups is 2. The molecule has 0 radical (unpaired) electrons. The van der Waals surface area contributed by atoms with Gasteiger partial charge in [-0.25, -0.2) is 0 Å². The van der Waals surface area contributed by atoms with E-state index in [1.165, 1.54) is 6.92 Å². The quantitative estimate of drug-likeness (QED) is 0.696. The highest BCUT2D eigenvalue weighted by atomic mass is 35.5. The highest BCUT2D eigenvalue weighted by Crippen LogP contribution is 2.31. The molecule has 0 spiro atoms. The lowest BCUT2D eigenvalue weighted by molar-refractivity contribution is -0.114. The van der Waals surface area contributed by atoms with Crippen LogP contribution in [0.3, 0.4) is 0 Å². The molecule has 2 amide bonds. The molecule has 0 fully saturated rings. The average molecular weight is 395 g/mol. The Bertz CT molecular complexity index is 1060. The van der Waals surface area contributed by atoms with Crippen LogP contribution in [-0.4, -0.2) is 23.3 Å². The van der Waals surface area contributed by atoms with E-state index in [9.17, 15) is 9.59 Å². The fourth-order valence-electron chi connectivity index (χ4n) is 3.41. The Hall–Kier alpha value is -3.05. The molecule has 3 aromatic rings. The number of furan rings is 1. The van der Waals surface area contributed by atoms with Gasteiger partial charge in [-0.2, -0.15) is 0 Å². The van der Waals surface area contributed by atoms with E-state index in [-0.39, 0.29) is 11.8 Å². The Morgan fingerprint density at radius 2 is 1.93 bits per heavy atom. The van der Waals surface area contributed by atoms with E-state index in [1.807, 2.05) is 42.5 Å². The van der Waals surface area contributed by atoms with Gasteiger partial charge in [0.05, 0.1) is 10.6 Å². The molecule has 1 aliphatic heterocycles. The van der Waals surface area contributed by atoms with Crippen LogP contribution in [0.4, 0.5) is 5.69 Å². The van der Waals surface area contributed by atoms with Crippen molar-refractivity contribution in [1.82, 2.24) is 4.90 Å². The SMILES string of the molecule is CC(=O)Nc1cccc(-c2cc3c(o2)CCN(C(=O)c2ccccc2Cl)C3)c1. The Kier molecular flexibility index (Phi) is 4.92. The molecule has 28 heavy (non-hydrogen) atoms. The van der Waals surface area contributed by atoms with Gasteiger partial charge in [0.1, 0.15) is 11.5 Å². The summed E-state index contributed by atoms with van der Waals surface area (Å²) in [7, 11) is 0. The van der Waals surface area contributed by atoms with Crippen LogP contribution in [0.25, 0.3) is 11.3 Å². The van der Waals surface area contributed by atoms with Crippen molar-refractivity contribution in [3.8, 4) is 11.3 Å². The number of nitrogens with zero attached hydrogens (tertiary/aromatic N) is 1. The number of rotatable bonds is 3. The van der Waals surface area contributed by atoms with E-state index in [0.29, 0.717) is 30.1 Å². The van der Waals surface area contributed by atoms with Gasteiger partial charge in [0.2, 0.25) is 5.91 Å². The van der Waals surface area contributed by atoms with Crippen LogP contribution in [0.15, 0.2) is 59.0 Å². The molecule has 2 heterocycles.